The predicted octanol–water partition coefficient (Wildman–Crippen LogP) is -0.00140. The van der Waals surface area contributed by atoms with Crippen molar-refractivity contribution in [2.24, 2.45) is 0 Å². The average molecular weight is 459 g/mol. The van der Waals surface area contributed by atoms with Gasteiger partial charge >= 0.3 is 5.97 Å². The number of carbonyl (C=O) groups is 3. The van der Waals surface area contributed by atoms with Crippen LogP contribution in [0.5, 0.6) is 0 Å². The number of carbonyl (C=O) groups excluding carboxylic acids is 3. The Morgan fingerprint density at radius 1 is 1.34 bits per heavy atom. The molecule has 4 rings (SSSR count). The molecule has 1 saturated heterocycles. The van der Waals surface area contributed by atoms with E-state index in [1.807, 2.05) is 0 Å². The van der Waals surface area contributed by atoms with Crippen LogP contribution in [-0.4, -0.2) is 65.0 Å². The lowest BCUT2D eigenvalue weighted by atomic mass is 10.0. The van der Waals surface area contributed by atoms with Gasteiger partial charge in [-0.2, -0.15) is 0 Å². The van der Waals surface area contributed by atoms with E-state index in [9.17, 15) is 24.5 Å². The number of rotatable bonds is 7. The molecule has 13 nitrogen and oxygen atoms in total. The molecular weight excluding hydrogens is 442 g/mol. The second kappa shape index (κ2) is 8.74. The number of aromatic nitrogens is 4. The van der Waals surface area contributed by atoms with Crippen LogP contribution in [0.2, 0.25) is 0 Å². The summed E-state index contributed by atoms with van der Waals surface area (Å²) in [5.41, 5.74) is 1.36. The highest BCUT2D eigenvalue weighted by atomic mass is 32.2. The number of amides is 2. The number of esters is 1. The van der Waals surface area contributed by atoms with Crippen molar-refractivity contribution < 1.29 is 24.0 Å². The molecule has 3 heterocycles. The van der Waals surface area contributed by atoms with Gasteiger partial charge in [0, 0.05) is 17.9 Å². The smallest absolute Gasteiger partial charge is 0.355 e. The number of β-lactam (4-membered cyclic amide) rings is 1. The molecule has 0 spiro atoms. The number of hydrogen-bond donors (Lipinski definition) is 1. The standard InChI is InChI=1S/C18H17N7O6S/c1-10-8-32-17-14(20-13(26)6-23-9-19-21-22-23)16(27)24(17)15(10)18(28)31-7-11-2-4-12(5-3-11)25(29)30/h2-5,9,14,17H,6-8H2,1H3,(H,20,26)/t14?,17-/m0/s1. The summed E-state index contributed by atoms with van der Waals surface area (Å²) in [6.07, 6.45) is 1.29. The minimum Gasteiger partial charge on any atom is -0.456 e. The molecular formula is C18H17N7O6S. The minimum atomic E-state index is -0.769. The molecule has 14 heteroatoms. The van der Waals surface area contributed by atoms with Gasteiger partial charge < -0.3 is 10.1 Å². The van der Waals surface area contributed by atoms with E-state index in [0.717, 1.165) is 0 Å². The molecule has 2 aliphatic rings. The number of hydrogen-bond acceptors (Lipinski definition) is 10. The molecule has 0 radical (unpaired) electrons. The second-order valence-corrected chi connectivity index (χ2v) is 8.20. The van der Waals surface area contributed by atoms with Crippen molar-refractivity contribution in [1.29, 1.82) is 0 Å². The summed E-state index contributed by atoms with van der Waals surface area (Å²) < 4.78 is 6.57. The number of nitro groups is 1. The zero-order valence-corrected chi connectivity index (χ0v) is 17.5. The van der Waals surface area contributed by atoms with Crippen LogP contribution in [0.1, 0.15) is 12.5 Å². The maximum absolute atomic E-state index is 12.7. The lowest BCUT2D eigenvalue weighted by molar-refractivity contribution is -0.384. The van der Waals surface area contributed by atoms with Gasteiger partial charge in [-0.3, -0.25) is 24.6 Å². The minimum absolute atomic E-state index is 0.0647. The number of non-ortho nitro benzene ring substituents is 1. The first-order valence-corrected chi connectivity index (χ1v) is 10.4. The van der Waals surface area contributed by atoms with E-state index < -0.39 is 34.1 Å². The van der Waals surface area contributed by atoms with Crippen LogP contribution < -0.4 is 5.32 Å². The normalized spacial score (nSPS) is 19.8. The van der Waals surface area contributed by atoms with Gasteiger partial charge in [0.25, 0.3) is 11.6 Å². The SMILES string of the molecule is CC1=C(C(=O)OCc2ccc([N+](=O)[O-])cc2)N2C(=O)C(NC(=O)Cn3cnnn3)[C@@H]2SC1. The first-order valence-electron chi connectivity index (χ1n) is 9.40. The van der Waals surface area contributed by atoms with Crippen LogP contribution in [-0.2, 0) is 32.3 Å². The van der Waals surface area contributed by atoms with Crippen molar-refractivity contribution in [3.63, 3.8) is 0 Å². The number of ether oxygens (including phenoxy) is 1. The Morgan fingerprint density at radius 2 is 2.09 bits per heavy atom. The first-order chi connectivity index (χ1) is 15.3. The Balaban J connectivity index is 1.38. The molecule has 1 aromatic carbocycles. The van der Waals surface area contributed by atoms with Crippen molar-refractivity contribution in [2.75, 3.05) is 5.75 Å². The second-order valence-electron chi connectivity index (χ2n) is 7.09. The molecule has 166 valence electrons. The van der Waals surface area contributed by atoms with E-state index >= 15 is 0 Å². The number of nitrogens with one attached hydrogen (secondary N) is 1. The Hall–Kier alpha value is -3.81. The van der Waals surface area contributed by atoms with Gasteiger partial charge in [-0.25, -0.2) is 9.48 Å². The largest absolute Gasteiger partial charge is 0.456 e. The van der Waals surface area contributed by atoms with Crippen LogP contribution >= 0.6 is 11.8 Å². The topological polar surface area (TPSA) is 162 Å². The van der Waals surface area contributed by atoms with Gasteiger partial charge in [0.05, 0.1) is 4.92 Å². The molecule has 2 atom stereocenters. The van der Waals surface area contributed by atoms with Crippen molar-refractivity contribution in [1.82, 2.24) is 30.4 Å². The van der Waals surface area contributed by atoms with Crippen molar-refractivity contribution in [2.45, 2.75) is 31.5 Å². The summed E-state index contributed by atoms with van der Waals surface area (Å²) in [6.45, 7) is 1.51. The third-order valence-electron chi connectivity index (χ3n) is 4.88. The van der Waals surface area contributed by atoms with E-state index in [2.05, 4.69) is 20.8 Å². The fourth-order valence-electron chi connectivity index (χ4n) is 3.31. The fourth-order valence-corrected chi connectivity index (χ4v) is 4.61. The van der Waals surface area contributed by atoms with Gasteiger partial charge in [0.1, 0.15) is 36.6 Å². The lowest BCUT2D eigenvalue weighted by Crippen LogP contribution is -2.70. The van der Waals surface area contributed by atoms with Crippen molar-refractivity contribution >= 4 is 35.2 Å². The number of thioether (sulfide) groups is 1. The molecule has 2 amide bonds. The molecule has 1 unspecified atom stereocenters. The Kier molecular flexibility index (Phi) is 5.85. The monoisotopic (exact) mass is 459 g/mol. The number of nitro benzene ring substituents is 1. The zero-order chi connectivity index (χ0) is 22.8. The number of tetrazole rings is 1. The predicted molar refractivity (Wildman–Crippen MR) is 108 cm³/mol. The van der Waals surface area contributed by atoms with Crippen LogP contribution in [0.25, 0.3) is 0 Å². The third-order valence-corrected chi connectivity index (χ3v) is 6.31. The van der Waals surface area contributed by atoms with E-state index in [-0.39, 0.29) is 24.5 Å². The summed E-state index contributed by atoms with van der Waals surface area (Å²) in [5, 5.41) is 23.5. The van der Waals surface area contributed by atoms with Crippen LogP contribution in [0.3, 0.4) is 0 Å². The molecule has 2 aliphatic heterocycles. The quantitative estimate of drug-likeness (QED) is 0.258. The van der Waals surface area contributed by atoms with Crippen LogP contribution in [0.4, 0.5) is 5.69 Å². The number of benzene rings is 1. The fraction of sp³-hybridized carbons (Fsp3) is 0.333. The molecule has 0 saturated carbocycles. The summed E-state index contributed by atoms with van der Waals surface area (Å²) in [7, 11) is 0. The maximum atomic E-state index is 12.7. The van der Waals surface area contributed by atoms with Crippen LogP contribution in [0, 0.1) is 10.1 Å². The highest BCUT2D eigenvalue weighted by Gasteiger charge is 2.54. The van der Waals surface area contributed by atoms with Crippen molar-refractivity contribution in [3.05, 3.63) is 57.5 Å². The molecule has 32 heavy (non-hydrogen) atoms. The summed E-state index contributed by atoms with van der Waals surface area (Å²) in [4.78, 5) is 49.2. The zero-order valence-electron chi connectivity index (χ0n) is 16.7. The van der Waals surface area contributed by atoms with Crippen LogP contribution in [0.15, 0.2) is 41.9 Å². The van der Waals surface area contributed by atoms with Gasteiger partial charge in [0.15, 0.2) is 0 Å². The third kappa shape index (κ3) is 4.16. The number of fused-ring (bicyclic) bond motifs is 1. The Morgan fingerprint density at radius 3 is 2.75 bits per heavy atom. The lowest BCUT2D eigenvalue weighted by Gasteiger charge is -2.49. The van der Waals surface area contributed by atoms with Gasteiger partial charge in [-0.1, -0.05) is 0 Å². The van der Waals surface area contributed by atoms with E-state index in [0.29, 0.717) is 16.9 Å². The Labute approximate surface area is 184 Å². The summed E-state index contributed by atoms with van der Waals surface area (Å²) in [5.74, 6) is -1.01. The highest BCUT2D eigenvalue weighted by molar-refractivity contribution is 8.00. The molecule has 0 aliphatic carbocycles. The summed E-state index contributed by atoms with van der Waals surface area (Å²) >= 11 is 1.44. The molecule has 1 fully saturated rings. The van der Waals surface area contributed by atoms with Gasteiger partial charge in [0.2, 0.25) is 5.91 Å². The number of nitrogens with zero attached hydrogens (tertiary/aromatic N) is 6. The Bertz CT molecular complexity index is 1100. The van der Waals surface area contributed by atoms with E-state index in [4.69, 9.17) is 4.74 Å². The molecule has 2 aromatic rings. The molecule has 1 N–H and O–H groups in total. The van der Waals surface area contributed by atoms with Gasteiger partial charge in [-0.05, 0) is 40.6 Å². The average Bonchev–Trinajstić information content (AvgIpc) is 3.28. The van der Waals surface area contributed by atoms with E-state index in [1.54, 1.807) is 6.92 Å². The van der Waals surface area contributed by atoms with Crippen molar-refractivity contribution in [3.8, 4) is 0 Å². The highest BCUT2D eigenvalue weighted by Crippen LogP contribution is 2.40. The van der Waals surface area contributed by atoms with E-state index in [1.165, 1.54) is 51.9 Å². The summed E-state index contributed by atoms with van der Waals surface area (Å²) in [6, 6.07) is 4.87. The van der Waals surface area contributed by atoms with Gasteiger partial charge in [-0.15, -0.1) is 16.9 Å². The maximum Gasteiger partial charge on any atom is 0.355 e. The molecule has 0 bridgehead atoms. The first kappa shape index (κ1) is 21.4. The molecule has 1 aromatic heterocycles.